The number of para-hydroxylation sites is 4. The number of ether oxygens (including phenoxy) is 1. The summed E-state index contributed by atoms with van der Waals surface area (Å²) < 4.78 is 8.28. The van der Waals surface area contributed by atoms with Crippen molar-refractivity contribution < 1.29 is 4.74 Å². The minimum absolute atomic E-state index is 0.835. The van der Waals surface area contributed by atoms with Gasteiger partial charge in [0.2, 0.25) is 0 Å². The second kappa shape index (κ2) is 15.0. The maximum Gasteiger partial charge on any atom is 0.178 e. The standard InChI is InChI=1S/C51H37BrN2O/c52-43-28-21-38(22-29-43)39-23-34-50-40(37-39)35-36-51(55-50,41-24-30-48(31-25-41)53(44-13-5-1-6-14-44)45-15-7-2-8-16-45)42-26-32-49(33-27-42)54(46-17-9-3-10-18-46)47-19-11-4-12-20-47/h1-37H. The van der Waals surface area contributed by atoms with Crippen molar-refractivity contribution in [3.05, 3.63) is 240 Å². The molecule has 0 spiro atoms. The smallest absolute Gasteiger partial charge is 0.178 e. The molecule has 264 valence electrons. The largest absolute Gasteiger partial charge is 0.473 e. The van der Waals surface area contributed by atoms with Crippen molar-refractivity contribution in [2.45, 2.75) is 5.60 Å². The number of fused-ring (bicyclic) bond motifs is 1. The van der Waals surface area contributed by atoms with E-state index < -0.39 is 5.60 Å². The number of hydrogen-bond donors (Lipinski definition) is 0. The third-order valence-electron chi connectivity index (χ3n) is 10.1. The molecule has 0 saturated carbocycles. The first-order chi connectivity index (χ1) is 27.1. The Balaban J connectivity index is 1.14. The van der Waals surface area contributed by atoms with Gasteiger partial charge in [-0.1, -0.05) is 137 Å². The third kappa shape index (κ3) is 6.85. The molecule has 0 aliphatic carbocycles. The van der Waals surface area contributed by atoms with Gasteiger partial charge in [0.1, 0.15) is 5.75 Å². The lowest BCUT2D eigenvalue weighted by Gasteiger charge is -2.37. The molecule has 0 radical (unpaired) electrons. The fraction of sp³-hybridized carbons (Fsp3) is 0.0196. The predicted molar refractivity (Wildman–Crippen MR) is 232 cm³/mol. The Morgan fingerprint density at radius 3 is 1.18 bits per heavy atom. The van der Waals surface area contributed by atoms with Crippen molar-refractivity contribution in [2.24, 2.45) is 0 Å². The first kappa shape index (κ1) is 34.2. The van der Waals surface area contributed by atoms with E-state index in [1.165, 1.54) is 0 Å². The minimum atomic E-state index is -0.877. The summed E-state index contributed by atoms with van der Waals surface area (Å²) in [6.07, 6.45) is 4.42. The lowest BCUT2D eigenvalue weighted by atomic mass is 9.83. The molecule has 0 amide bonds. The van der Waals surface area contributed by atoms with E-state index in [9.17, 15) is 0 Å². The Kier molecular flexibility index (Phi) is 9.33. The van der Waals surface area contributed by atoms with E-state index >= 15 is 0 Å². The Labute approximate surface area is 331 Å². The van der Waals surface area contributed by atoms with Crippen molar-refractivity contribution >= 4 is 56.1 Å². The first-order valence-electron chi connectivity index (χ1n) is 18.4. The quantitative estimate of drug-likeness (QED) is 0.145. The van der Waals surface area contributed by atoms with Crippen LogP contribution >= 0.6 is 15.9 Å². The number of halogens is 1. The van der Waals surface area contributed by atoms with Gasteiger partial charge >= 0.3 is 0 Å². The van der Waals surface area contributed by atoms with Crippen LogP contribution in [0, 0.1) is 0 Å². The monoisotopic (exact) mass is 772 g/mol. The van der Waals surface area contributed by atoms with Crippen molar-refractivity contribution in [3.63, 3.8) is 0 Å². The topological polar surface area (TPSA) is 15.7 Å². The molecule has 9 rings (SSSR count). The van der Waals surface area contributed by atoms with E-state index in [2.05, 4.69) is 250 Å². The highest BCUT2D eigenvalue weighted by atomic mass is 79.9. The molecule has 8 aromatic rings. The molecule has 1 aliphatic rings. The van der Waals surface area contributed by atoms with E-state index in [0.29, 0.717) is 0 Å². The Hall–Kier alpha value is -6.62. The van der Waals surface area contributed by atoms with E-state index in [0.717, 1.165) is 72.2 Å². The fourth-order valence-electron chi connectivity index (χ4n) is 7.40. The van der Waals surface area contributed by atoms with E-state index in [1.54, 1.807) is 0 Å². The highest BCUT2D eigenvalue weighted by Gasteiger charge is 2.37. The number of anilines is 6. The average molecular weight is 774 g/mol. The molecule has 0 saturated heterocycles. The lowest BCUT2D eigenvalue weighted by Crippen LogP contribution is -2.34. The van der Waals surface area contributed by atoms with E-state index in [4.69, 9.17) is 4.74 Å². The van der Waals surface area contributed by atoms with Crippen LogP contribution in [-0.2, 0) is 5.60 Å². The van der Waals surface area contributed by atoms with E-state index in [1.807, 2.05) is 0 Å². The van der Waals surface area contributed by atoms with Crippen molar-refractivity contribution in [1.29, 1.82) is 0 Å². The van der Waals surface area contributed by atoms with Crippen LogP contribution in [0.4, 0.5) is 34.1 Å². The van der Waals surface area contributed by atoms with Gasteiger partial charge in [-0.05, 0) is 114 Å². The van der Waals surface area contributed by atoms with Crippen LogP contribution in [0.5, 0.6) is 5.75 Å². The zero-order valence-electron chi connectivity index (χ0n) is 30.0. The van der Waals surface area contributed by atoms with Crippen molar-refractivity contribution in [1.82, 2.24) is 0 Å². The summed E-state index contributed by atoms with van der Waals surface area (Å²) in [5.41, 5.74) is 11.0. The number of nitrogens with zero attached hydrogens (tertiary/aromatic N) is 2. The lowest BCUT2D eigenvalue weighted by molar-refractivity contribution is 0.161. The zero-order chi connectivity index (χ0) is 37.0. The SMILES string of the molecule is Brc1ccc(-c2ccc3c(c2)C=CC(c2ccc(N(c4ccccc4)c4ccccc4)cc2)(c2ccc(N(c4ccccc4)c4ccccc4)cc2)O3)cc1. The fourth-order valence-corrected chi connectivity index (χ4v) is 7.67. The molecule has 3 nitrogen and oxygen atoms in total. The van der Waals surface area contributed by atoms with Gasteiger partial charge in [0.15, 0.2) is 5.60 Å². The molecule has 0 N–H and O–H groups in total. The molecule has 1 heterocycles. The Bertz CT molecular complexity index is 2330. The normalized spacial score (nSPS) is 12.7. The predicted octanol–water partition coefficient (Wildman–Crippen LogP) is 14.4. The highest BCUT2D eigenvalue weighted by Crippen LogP contribution is 2.45. The second-order valence-electron chi connectivity index (χ2n) is 13.5. The first-order valence-corrected chi connectivity index (χ1v) is 19.2. The van der Waals surface area contributed by atoms with Crippen LogP contribution in [0.2, 0.25) is 0 Å². The highest BCUT2D eigenvalue weighted by molar-refractivity contribution is 9.10. The molecule has 8 aromatic carbocycles. The van der Waals surface area contributed by atoms with Gasteiger partial charge < -0.3 is 14.5 Å². The summed E-state index contributed by atoms with van der Waals surface area (Å²) in [6, 6.07) is 74.5. The average Bonchev–Trinajstić information content (AvgIpc) is 3.26. The molecular formula is C51H37BrN2O. The Morgan fingerprint density at radius 2 is 0.764 bits per heavy atom. The van der Waals surface area contributed by atoms with Gasteiger partial charge in [0.25, 0.3) is 0 Å². The maximum absolute atomic E-state index is 7.22. The van der Waals surface area contributed by atoms with Gasteiger partial charge in [-0.2, -0.15) is 0 Å². The molecule has 0 bridgehead atoms. The zero-order valence-corrected chi connectivity index (χ0v) is 31.6. The number of hydrogen-bond acceptors (Lipinski definition) is 3. The van der Waals surface area contributed by atoms with Gasteiger partial charge in [-0.25, -0.2) is 0 Å². The van der Waals surface area contributed by atoms with Crippen LogP contribution in [0.15, 0.2) is 223 Å². The summed E-state index contributed by atoms with van der Waals surface area (Å²) in [7, 11) is 0. The summed E-state index contributed by atoms with van der Waals surface area (Å²) >= 11 is 3.57. The summed E-state index contributed by atoms with van der Waals surface area (Å²) in [5, 5.41) is 0. The molecule has 55 heavy (non-hydrogen) atoms. The number of rotatable bonds is 9. The minimum Gasteiger partial charge on any atom is -0.473 e. The van der Waals surface area contributed by atoms with Crippen LogP contribution in [0.3, 0.4) is 0 Å². The summed E-state index contributed by atoms with van der Waals surface area (Å²) in [5.74, 6) is 0.835. The van der Waals surface area contributed by atoms with Crippen LogP contribution in [-0.4, -0.2) is 0 Å². The van der Waals surface area contributed by atoms with Crippen LogP contribution < -0.4 is 14.5 Å². The van der Waals surface area contributed by atoms with E-state index in [-0.39, 0.29) is 0 Å². The molecule has 0 fully saturated rings. The summed E-state index contributed by atoms with van der Waals surface area (Å²) in [6.45, 7) is 0. The molecule has 1 aliphatic heterocycles. The van der Waals surface area contributed by atoms with Crippen LogP contribution in [0.1, 0.15) is 16.7 Å². The van der Waals surface area contributed by atoms with Gasteiger partial charge in [0.05, 0.1) is 0 Å². The van der Waals surface area contributed by atoms with Crippen molar-refractivity contribution in [3.8, 4) is 16.9 Å². The van der Waals surface area contributed by atoms with Crippen molar-refractivity contribution in [2.75, 3.05) is 9.80 Å². The molecule has 0 aromatic heterocycles. The molecule has 4 heteroatoms. The molecule has 0 unspecified atom stereocenters. The Morgan fingerprint density at radius 1 is 0.382 bits per heavy atom. The molecular weight excluding hydrogens is 736 g/mol. The second-order valence-corrected chi connectivity index (χ2v) is 14.5. The van der Waals surface area contributed by atoms with Gasteiger partial charge in [-0.3, -0.25) is 0 Å². The van der Waals surface area contributed by atoms with Gasteiger partial charge in [-0.15, -0.1) is 0 Å². The molecule has 0 atom stereocenters. The maximum atomic E-state index is 7.22. The van der Waals surface area contributed by atoms with Crippen LogP contribution in [0.25, 0.3) is 17.2 Å². The summed E-state index contributed by atoms with van der Waals surface area (Å²) in [4.78, 5) is 4.56. The third-order valence-corrected chi connectivity index (χ3v) is 10.7. The van der Waals surface area contributed by atoms with Gasteiger partial charge in [0, 0.05) is 55.3 Å². The number of benzene rings is 8.